The zero-order chi connectivity index (χ0) is 17.9. The fourth-order valence-electron chi connectivity index (χ4n) is 3.17. The van der Waals surface area contributed by atoms with Crippen molar-refractivity contribution in [1.29, 1.82) is 0 Å². The van der Waals surface area contributed by atoms with Crippen LogP contribution in [0.4, 0.5) is 0 Å². The largest absolute Gasteiger partial charge is 0.357 e. The Kier molecular flexibility index (Phi) is 8.77. The fourth-order valence-corrected chi connectivity index (χ4v) is 3.17. The number of guanidine groups is 1. The number of hydrogen-bond donors (Lipinski definition) is 2. The van der Waals surface area contributed by atoms with Crippen LogP contribution in [0.5, 0.6) is 0 Å². The Morgan fingerprint density at radius 2 is 1.92 bits per heavy atom. The van der Waals surface area contributed by atoms with E-state index in [0.717, 1.165) is 51.6 Å². The van der Waals surface area contributed by atoms with Crippen molar-refractivity contribution < 1.29 is 0 Å². The minimum absolute atomic E-state index is 0.527. The van der Waals surface area contributed by atoms with Crippen LogP contribution >= 0.6 is 0 Å². The van der Waals surface area contributed by atoms with Crippen LogP contribution in [0, 0.1) is 0 Å². The molecule has 1 saturated heterocycles. The summed E-state index contributed by atoms with van der Waals surface area (Å²) < 4.78 is 0. The van der Waals surface area contributed by atoms with Gasteiger partial charge in [-0.1, -0.05) is 30.3 Å². The molecule has 0 amide bonds. The molecule has 1 fully saturated rings. The molecular formula is C20H35N5. The standard InChI is InChI=1S/C20H35N5/c1-4-21-20(22-13-8-14-24(2)3)23-19-11-15-25(16-12-19)17-18-9-6-5-7-10-18/h5-7,9-10,19H,4,8,11-17H2,1-3H3,(H2,21,22,23). The zero-order valence-corrected chi connectivity index (χ0v) is 16.2. The lowest BCUT2D eigenvalue weighted by atomic mass is 10.0. The molecule has 1 aromatic rings. The number of nitrogens with zero attached hydrogens (tertiary/aromatic N) is 3. The highest BCUT2D eigenvalue weighted by Gasteiger charge is 2.19. The van der Waals surface area contributed by atoms with Gasteiger partial charge in [-0.3, -0.25) is 9.89 Å². The maximum Gasteiger partial charge on any atom is 0.191 e. The van der Waals surface area contributed by atoms with Crippen LogP contribution < -0.4 is 10.6 Å². The summed E-state index contributed by atoms with van der Waals surface area (Å²) in [6, 6.07) is 11.3. The van der Waals surface area contributed by atoms with E-state index in [4.69, 9.17) is 4.99 Å². The van der Waals surface area contributed by atoms with E-state index in [0.29, 0.717) is 6.04 Å². The van der Waals surface area contributed by atoms with Gasteiger partial charge in [0.25, 0.3) is 0 Å². The van der Waals surface area contributed by atoms with Crippen molar-refractivity contribution in [3.05, 3.63) is 35.9 Å². The van der Waals surface area contributed by atoms with E-state index >= 15 is 0 Å². The molecule has 5 heteroatoms. The molecule has 25 heavy (non-hydrogen) atoms. The van der Waals surface area contributed by atoms with E-state index in [-0.39, 0.29) is 0 Å². The molecule has 0 saturated carbocycles. The molecular weight excluding hydrogens is 310 g/mol. The summed E-state index contributed by atoms with van der Waals surface area (Å²) in [5, 5.41) is 7.01. The van der Waals surface area contributed by atoms with E-state index in [1.165, 1.54) is 18.4 Å². The molecule has 1 heterocycles. The van der Waals surface area contributed by atoms with Gasteiger partial charge in [0.15, 0.2) is 5.96 Å². The monoisotopic (exact) mass is 345 g/mol. The molecule has 1 aromatic carbocycles. The number of piperidine rings is 1. The molecule has 0 radical (unpaired) electrons. The van der Waals surface area contributed by atoms with Gasteiger partial charge in [-0.05, 0) is 52.4 Å². The number of likely N-dealkylation sites (tertiary alicyclic amines) is 1. The first-order chi connectivity index (χ1) is 12.2. The normalized spacial score (nSPS) is 17.0. The van der Waals surface area contributed by atoms with Gasteiger partial charge >= 0.3 is 0 Å². The van der Waals surface area contributed by atoms with Crippen LogP contribution in [0.2, 0.25) is 0 Å². The maximum absolute atomic E-state index is 4.72. The van der Waals surface area contributed by atoms with Crippen LogP contribution in [0.15, 0.2) is 35.3 Å². The topological polar surface area (TPSA) is 42.9 Å². The molecule has 0 aliphatic carbocycles. The van der Waals surface area contributed by atoms with Crippen molar-refractivity contribution in [3.8, 4) is 0 Å². The summed E-state index contributed by atoms with van der Waals surface area (Å²) in [5.74, 6) is 0.975. The molecule has 140 valence electrons. The molecule has 0 unspecified atom stereocenters. The second-order valence-corrected chi connectivity index (χ2v) is 7.10. The van der Waals surface area contributed by atoms with E-state index in [2.05, 4.69) is 71.8 Å². The Balaban J connectivity index is 1.73. The average molecular weight is 346 g/mol. The summed E-state index contributed by atoms with van der Waals surface area (Å²) in [4.78, 5) is 9.48. The first-order valence-electron chi connectivity index (χ1n) is 9.63. The Labute approximate surface area is 153 Å². The molecule has 2 rings (SSSR count). The Morgan fingerprint density at radius 1 is 1.20 bits per heavy atom. The summed E-state index contributed by atoms with van der Waals surface area (Å²) in [6.07, 6.45) is 3.45. The highest BCUT2D eigenvalue weighted by Crippen LogP contribution is 2.13. The van der Waals surface area contributed by atoms with Crippen LogP contribution in [-0.4, -0.2) is 68.6 Å². The van der Waals surface area contributed by atoms with Crippen LogP contribution in [0.1, 0.15) is 31.7 Å². The summed E-state index contributed by atoms with van der Waals surface area (Å²) in [5.41, 5.74) is 1.41. The molecule has 5 nitrogen and oxygen atoms in total. The second-order valence-electron chi connectivity index (χ2n) is 7.10. The third-order valence-corrected chi connectivity index (χ3v) is 4.56. The van der Waals surface area contributed by atoms with Crippen molar-refractivity contribution in [2.24, 2.45) is 4.99 Å². The first kappa shape index (κ1) is 19.7. The fraction of sp³-hybridized carbons (Fsp3) is 0.650. The van der Waals surface area contributed by atoms with E-state index in [1.807, 2.05) is 0 Å². The lowest BCUT2D eigenvalue weighted by molar-refractivity contribution is 0.198. The first-order valence-corrected chi connectivity index (χ1v) is 9.63. The van der Waals surface area contributed by atoms with Crippen LogP contribution in [-0.2, 0) is 6.54 Å². The molecule has 1 aliphatic heterocycles. The Bertz CT molecular complexity index is 492. The van der Waals surface area contributed by atoms with Crippen molar-refractivity contribution in [3.63, 3.8) is 0 Å². The van der Waals surface area contributed by atoms with Crippen LogP contribution in [0.25, 0.3) is 0 Å². The smallest absolute Gasteiger partial charge is 0.191 e. The molecule has 0 bridgehead atoms. The van der Waals surface area contributed by atoms with Gasteiger partial charge in [-0.15, -0.1) is 0 Å². The van der Waals surface area contributed by atoms with Gasteiger partial charge in [0.05, 0.1) is 0 Å². The number of rotatable bonds is 8. The van der Waals surface area contributed by atoms with Crippen LogP contribution in [0.3, 0.4) is 0 Å². The van der Waals surface area contributed by atoms with Gasteiger partial charge in [-0.25, -0.2) is 0 Å². The second kappa shape index (κ2) is 11.1. The SMILES string of the molecule is CCNC(=NCCCN(C)C)NC1CCN(Cc2ccccc2)CC1. The minimum Gasteiger partial charge on any atom is -0.357 e. The third-order valence-electron chi connectivity index (χ3n) is 4.56. The number of nitrogens with one attached hydrogen (secondary N) is 2. The van der Waals surface area contributed by atoms with Gasteiger partial charge in [-0.2, -0.15) is 0 Å². The zero-order valence-electron chi connectivity index (χ0n) is 16.2. The molecule has 0 aromatic heterocycles. The Morgan fingerprint density at radius 3 is 2.56 bits per heavy atom. The van der Waals surface area contributed by atoms with E-state index < -0.39 is 0 Å². The lowest BCUT2D eigenvalue weighted by Crippen LogP contribution is -2.48. The predicted octanol–water partition coefficient (Wildman–Crippen LogP) is 2.16. The Hall–Kier alpha value is -1.59. The molecule has 2 N–H and O–H groups in total. The van der Waals surface area contributed by atoms with Crippen molar-refractivity contribution in [2.45, 2.75) is 38.8 Å². The van der Waals surface area contributed by atoms with Crippen molar-refractivity contribution in [2.75, 3.05) is 46.8 Å². The maximum atomic E-state index is 4.72. The van der Waals surface area contributed by atoms with E-state index in [9.17, 15) is 0 Å². The molecule has 1 aliphatic rings. The van der Waals surface area contributed by atoms with Crippen molar-refractivity contribution >= 4 is 5.96 Å². The van der Waals surface area contributed by atoms with Gasteiger partial charge < -0.3 is 15.5 Å². The lowest BCUT2D eigenvalue weighted by Gasteiger charge is -2.33. The van der Waals surface area contributed by atoms with Crippen molar-refractivity contribution in [1.82, 2.24) is 20.4 Å². The van der Waals surface area contributed by atoms with E-state index in [1.54, 1.807) is 0 Å². The molecule has 0 spiro atoms. The summed E-state index contributed by atoms with van der Waals surface area (Å²) >= 11 is 0. The number of hydrogen-bond acceptors (Lipinski definition) is 3. The third kappa shape index (κ3) is 7.88. The average Bonchev–Trinajstić information content (AvgIpc) is 2.61. The summed E-state index contributed by atoms with van der Waals surface area (Å²) in [6.45, 7) is 8.35. The quantitative estimate of drug-likeness (QED) is 0.430. The highest BCUT2D eigenvalue weighted by molar-refractivity contribution is 5.80. The van der Waals surface area contributed by atoms with Gasteiger partial charge in [0, 0.05) is 38.8 Å². The minimum atomic E-state index is 0.527. The molecule has 0 atom stereocenters. The number of aliphatic imine (C=N–C) groups is 1. The number of benzene rings is 1. The van der Waals surface area contributed by atoms with Gasteiger partial charge in [0.1, 0.15) is 0 Å². The predicted molar refractivity (Wildman–Crippen MR) is 107 cm³/mol. The van der Waals surface area contributed by atoms with Gasteiger partial charge in [0.2, 0.25) is 0 Å². The summed E-state index contributed by atoms with van der Waals surface area (Å²) in [7, 11) is 4.22. The highest BCUT2D eigenvalue weighted by atomic mass is 15.2.